The van der Waals surface area contributed by atoms with E-state index < -0.39 is 0 Å². The highest BCUT2D eigenvalue weighted by Crippen LogP contribution is 2.30. The Morgan fingerprint density at radius 1 is 1.54 bits per heavy atom. The topological polar surface area (TPSA) is 42.4 Å². The smallest absolute Gasteiger partial charge is 0.233 e. The van der Waals surface area contributed by atoms with Gasteiger partial charge in [0.25, 0.3) is 0 Å². The van der Waals surface area contributed by atoms with E-state index in [0.717, 1.165) is 12.8 Å². The predicted octanol–water partition coefficient (Wildman–Crippen LogP) is 2.37. The number of pyridine rings is 1. The molecule has 1 fully saturated rings. The molecule has 0 spiro atoms. The van der Waals surface area contributed by atoms with Gasteiger partial charge < -0.3 is 9.84 Å². The summed E-state index contributed by atoms with van der Waals surface area (Å²) in [7, 11) is 0. The van der Waals surface area contributed by atoms with Crippen molar-refractivity contribution >= 4 is 11.6 Å². The van der Waals surface area contributed by atoms with Crippen molar-refractivity contribution in [3.63, 3.8) is 0 Å². The van der Waals surface area contributed by atoms with Crippen LogP contribution < -0.4 is 4.74 Å². The summed E-state index contributed by atoms with van der Waals surface area (Å²) in [6.45, 7) is 0. The van der Waals surface area contributed by atoms with Crippen LogP contribution in [0.3, 0.4) is 0 Å². The van der Waals surface area contributed by atoms with Crippen molar-refractivity contribution in [2.45, 2.75) is 25.4 Å². The van der Waals surface area contributed by atoms with Crippen molar-refractivity contribution in [1.82, 2.24) is 4.98 Å². The van der Waals surface area contributed by atoms with Crippen LogP contribution in [0.15, 0.2) is 12.3 Å². The third-order valence-electron chi connectivity index (χ3n) is 2.12. The molecule has 1 saturated carbocycles. The van der Waals surface area contributed by atoms with Gasteiger partial charge in [-0.15, -0.1) is 0 Å². The Labute approximate surface area is 81.3 Å². The zero-order valence-corrected chi connectivity index (χ0v) is 7.79. The monoisotopic (exact) mass is 199 g/mol. The van der Waals surface area contributed by atoms with Crippen molar-refractivity contribution in [3.05, 3.63) is 17.3 Å². The Bertz CT molecular complexity index is 312. The van der Waals surface area contributed by atoms with Crippen molar-refractivity contribution < 1.29 is 9.84 Å². The summed E-state index contributed by atoms with van der Waals surface area (Å²) in [6.07, 6.45) is 4.94. The molecule has 1 aromatic rings. The van der Waals surface area contributed by atoms with E-state index in [4.69, 9.17) is 21.4 Å². The van der Waals surface area contributed by atoms with Gasteiger partial charge >= 0.3 is 0 Å². The van der Waals surface area contributed by atoms with Crippen molar-refractivity contribution in [3.8, 4) is 11.6 Å². The third-order valence-corrected chi connectivity index (χ3v) is 2.39. The molecule has 1 aromatic heterocycles. The van der Waals surface area contributed by atoms with Gasteiger partial charge in [-0.3, -0.25) is 0 Å². The second-order valence-corrected chi connectivity index (χ2v) is 3.56. The Hall–Kier alpha value is -0.960. The fraction of sp³-hybridized carbons (Fsp3) is 0.444. The Morgan fingerprint density at radius 3 is 2.85 bits per heavy atom. The lowest BCUT2D eigenvalue weighted by molar-refractivity contribution is 0.114. The summed E-state index contributed by atoms with van der Waals surface area (Å²) < 4.78 is 5.48. The molecule has 1 heterocycles. The first-order valence-electron chi connectivity index (χ1n) is 4.27. The molecule has 0 atom stereocenters. The first-order chi connectivity index (χ1) is 6.25. The number of hydrogen-bond donors (Lipinski definition) is 1. The van der Waals surface area contributed by atoms with Gasteiger partial charge in [0.2, 0.25) is 5.88 Å². The third kappa shape index (κ3) is 1.86. The van der Waals surface area contributed by atoms with Gasteiger partial charge in [0, 0.05) is 6.07 Å². The largest absolute Gasteiger partial charge is 0.506 e. The van der Waals surface area contributed by atoms with Crippen LogP contribution in [0.5, 0.6) is 11.6 Å². The first kappa shape index (κ1) is 8.63. The molecule has 1 N–H and O–H groups in total. The lowest BCUT2D eigenvalue weighted by atomic mass is 9.96. The van der Waals surface area contributed by atoms with Crippen LogP contribution in [0, 0.1) is 0 Å². The van der Waals surface area contributed by atoms with Gasteiger partial charge in [-0.1, -0.05) is 11.6 Å². The van der Waals surface area contributed by atoms with Crippen LogP contribution in [0.2, 0.25) is 5.02 Å². The standard InChI is InChI=1S/C9H10ClNO2/c10-8-4-6(12)5-11-9(8)13-7-2-1-3-7/h4-5,7,12H,1-3H2. The van der Waals surface area contributed by atoms with Crippen LogP contribution in [-0.2, 0) is 0 Å². The van der Waals surface area contributed by atoms with E-state index in [2.05, 4.69) is 4.98 Å². The zero-order valence-electron chi connectivity index (χ0n) is 7.03. The summed E-state index contributed by atoms with van der Waals surface area (Å²) in [5, 5.41) is 9.41. The molecule has 1 aliphatic rings. The van der Waals surface area contributed by atoms with Gasteiger partial charge in [-0.2, -0.15) is 0 Å². The maximum Gasteiger partial charge on any atom is 0.233 e. The molecule has 0 aliphatic heterocycles. The Kier molecular flexibility index (Phi) is 2.27. The summed E-state index contributed by atoms with van der Waals surface area (Å²) in [5.74, 6) is 0.482. The average molecular weight is 200 g/mol. The van der Waals surface area contributed by atoms with Gasteiger partial charge in [0.05, 0.1) is 6.20 Å². The van der Waals surface area contributed by atoms with Crippen LogP contribution >= 0.6 is 11.6 Å². The summed E-state index contributed by atoms with van der Waals surface area (Å²) >= 11 is 5.81. The number of halogens is 1. The molecule has 0 radical (unpaired) electrons. The number of ether oxygens (including phenoxy) is 1. The fourth-order valence-corrected chi connectivity index (χ4v) is 1.35. The highest BCUT2D eigenvalue weighted by atomic mass is 35.5. The number of aromatic hydroxyl groups is 1. The molecule has 0 saturated heterocycles. The molecule has 13 heavy (non-hydrogen) atoms. The van der Waals surface area contributed by atoms with E-state index in [1.165, 1.54) is 18.7 Å². The summed E-state index contributed by atoms with van der Waals surface area (Å²) in [5.41, 5.74) is 0. The van der Waals surface area contributed by atoms with E-state index in [9.17, 15) is 0 Å². The van der Waals surface area contributed by atoms with Gasteiger partial charge in [-0.05, 0) is 19.3 Å². The molecule has 2 rings (SSSR count). The Morgan fingerprint density at radius 2 is 2.31 bits per heavy atom. The van der Waals surface area contributed by atoms with Gasteiger partial charge in [-0.25, -0.2) is 4.98 Å². The van der Waals surface area contributed by atoms with Crippen LogP contribution in [0.4, 0.5) is 0 Å². The number of hydrogen-bond acceptors (Lipinski definition) is 3. The SMILES string of the molecule is Oc1cnc(OC2CCC2)c(Cl)c1. The maximum atomic E-state index is 9.04. The molecule has 3 nitrogen and oxygen atoms in total. The molecular weight excluding hydrogens is 190 g/mol. The Balaban J connectivity index is 2.10. The first-order valence-corrected chi connectivity index (χ1v) is 4.64. The molecule has 70 valence electrons. The fourth-order valence-electron chi connectivity index (χ4n) is 1.15. The number of rotatable bonds is 2. The van der Waals surface area contributed by atoms with Crippen molar-refractivity contribution in [2.75, 3.05) is 0 Å². The molecular formula is C9H10ClNO2. The quantitative estimate of drug-likeness (QED) is 0.795. The maximum absolute atomic E-state index is 9.04. The van der Waals surface area contributed by atoms with Crippen LogP contribution in [-0.4, -0.2) is 16.2 Å². The molecule has 1 aliphatic carbocycles. The highest BCUT2D eigenvalue weighted by molar-refractivity contribution is 6.31. The van der Waals surface area contributed by atoms with E-state index >= 15 is 0 Å². The van der Waals surface area contributed by atoms with E-state index in [-0.39, 0.29) is 11.9 Å². The normalized spacial score (nSPS) is 16.7. The van der Waals surface area contributed by atoms with Crippen LogP contribution in [0.25, 0.3) is 0 Å². The number of nitrogens with zero attached hydrogens (tertiary/aromatic N) is 1. The highest BCUT2D eigenvalue weighted by Gasteiger charge is 2.20. The van der Waals surface area contributed by atoms with Crippen LogP contribution in [0.1, 0.15) is 19.3 Å². The molecule has 0 bridgehead atoms. The molecule has 0 aromatic carbocycles. The predicted molar refractivity (Wildman–Crippen MR) is 49.2 cm³/mol. The average Bonchev–Trinajstić information content (AvgIpc) is 1.99. The second kappa shape index (κ2) is 3.42. The lowest BCUT2D eigenvalue weighted by Gasteiger charge is -2.25. The second-order valence-electron chi connectivity index (χ2n) is 3.15. The molecule has 4 heteroatoms. The van der Waals surface area contributed by atoms with Gasteiger partial charge in [0.1, 0.15) is 16.9 Å². The van der Waals surface area contributed by atoms with E-state index in [1.807, 2.05) is 0 Å². The van der Waals surface area contributed by atoms with Crippen molar-refractivity contribution in [1.29, 1.82) is 0 Å². The molecule has 0 amide bonds. The molecule has 0 unspecified atom stereocenters. The van der Waals surface area contributed by atoms with E-state index in [1.54, 1.807) is 0 Å². The van der Waals surface area contributed by atoms with Gasteiger partial charge in [0.15, 0.2) is 0 Å². The summed E-state index contributed by atoms with van der Waals surface area (Å²) in [6, 6.07) is 1.43. The zero-order chi connectivity index (χ0) is 9.26. The van der Waals surface area contributed by atoms with Crippen molar-refractivity contribution in [2.24, 2.45) is 0 Å². The van der Waals surface area contributed by atoms with E-state index in [0.29, 0.717) is 10.9 Å². The minimum Gasteiger partial charge on any atom is -0.506 e. The minimum atomic E-state index is 0.0611. The lowest BCUT2D eigenvalue weighted by Crippen LogP contribution is -2.25. The minimum absolute atomic E-state index is 0.0611. The number of aromatic nitrogens is 1. The summed E-state index contributed by atoms with van der Waals surface area (Å²) in [4.78, 5) is 3.90.